The maximum absolute atomic E-state index is 12.5. The van der Waals surface area contributed by atoms with E-state index in [0.29, 0.717) is 28.9 Å². The smallest absolute Gasteiger partial charge is 0.338 e. The Morgan fingerprint density at radius 1 is 1.06 bits per heavy atom. The molecule has 0 atom stereocenters. The summed E-state index contributed by atoms with van der Waals surface area (Å²) in [5.41, 5.74) is 3.80. The van der Waals surface area contributed by atoms with E-state index in [1.165, 1.54) is 0 Å². The fourth-order valence-corrected chi connectivity index (χ4v) is 5.06. The number of carbonyl (C=O) groups excluding carboxylic acids is 1. The van der Waals surface area contributed by atoms with Gasteiger partial charge in [0, 0.05) is 27.8 Å². The third-order valence-corrected chi connectivity index (χ3v) is 6.68. The van der Waals surface area contributed by atoms with Gasteiger partial charge in [0.2, 0.25) is 0 Å². The zero-order valence-corrected chi connectivity index (χ0v) is 19.0. The van der Waals surface area contributed by atoms with Gasteiger partial charge in [0.15, 0.2) is 0 Å². The van der Waals surface area contributed by atoms with Crippen LogP contribution in [0.15, 0.2) is 80.5 Å². The second-order valence-electron chi connectivity index (χ2n) is 6.98. The molecular formula is C23H19BrN2O4S. The Morgan fingerprint density at radius 2 is 1.84 bits per heavy atom. The number of rotatable bonds is 6. The van der Waals surface area contributed by atoms with E-state index in [-0.39, 0.29) is 11.5 Å². The van der Waals surface area contributed by atoms with Crippen LogP contribution in [0.4, 0.5) is 5.69 Å². The first-order valence-electron chi connectivity index (χ1n) is 9.58. The second-order valence-corrected chi connectivity index (χ2v) is 9.47. The van der Waals surface area contributed by atoms with E-state index < -0.39 is 16.0 Å². The molecule has 0 unspecified atom stereocenters. The number of sulfonamides is 1. The van der Waals surface area contributed by atoms with Crippen molar-refractivity contribution < 1.29 is 17.9 Å². The molecule has 158 valence electrons. The number of ether oxygens (including phenoxy) is 1. The van der Waals surface area contributed by atoms with Crippen molar-refractivity contribution in [2.24, 2.45) is 4.40 Å². The maximum atomic E-state index is 12.5. The van der Waals surface area contributed by atoms with E-state index >= 15 is 0 Å². The predicted molar refractivity (Wildman–Crippen MR) is 123 cm³/mol. The van der Waals surface area contributed by atoms with Crippen LogP contribution in [-0.2, 0) is 14.8 Å². The fraction of sp³-hybridized carbons (Fsp3) is 0.130. The minimum atomic E-state index is -3.72. The van der Waals surface area contributed by atoms with Crippen molar-refractivity contribution in [3.05, 3.63) is 93.5 Å². The molecule has 0 spiro atoms. The molecule has 4 rings (SSSR count). The average Bonchev–Trinajstić information content (AvgIpc) is 3.02. The van der Waals surface area contributed by atoms with Crippen molar-refractivity contribution in [2.45, 2.75) is 11.8 Å². The molecule has 3 aromatic carbocycles. The van der Waals surface area contributed by atoms with Gasteiger partial charge in [-0.05, 0) is 42.8 Å². The standard InChI is InChI=1S/C23H19BrN2O4S/c1-15-6-4-10-19(25-12-13-30-23(27)16-7-5-8-17(24)14-16)21(15)22-18-9-2-3-11-20(18)31(28,29)26-22/h2-11,14,25H,12-13H2,1H3. The summed E-state index contributed by atoms with van der Waals surface area (Å²) in [7, 11) is -3.72. The summed E-state index contributed by atoms with van der Waals surface area (Å²) < 4.78 is 35.2. The zero-order valence-electron chi connectivity index (χ0n) is 16.6. The molecule has 1 aliphatic heterocycles. The van der Waals surface area contributed by atoms with Crippen LogP contribution in [0.25, 0.3) is 0 Å². The maximum Gasteiger partial charge on any atom is 0.338 e. The normalized spacial score (nSPS) is 13.9. The van der Waals surface area contributed by atoms with Gasteiger partial charge >= 0.3 is 5.97 Å². The highest BCUT2D eigenvalue weighted by Gasteiger charge is 2.30. The Hall–Kier alpha value is -2.97. The molecule has 6 nitrogen and oxygen atoms in total. The van der Waals surface area contributed by atoms with E-state index in [2.05, 4.69) is 25.6 Å². The first-order chi connectivity index (χ1) is 14.9. The van der Waals surface area contributed by atoms with E-state index in [9.17, 15) is 13.2 Å². The lowest BCUT2D eigenvalue weighted by Crippen LogP contribution is -2.16. The van der Waals surface area contributed by atoms with Crippen LogP contribution in [-0.4, -0.2) is 33.3 Å². The first kappa shape index (κ1) is 21.3. The van der Waals surface area contributed by atoms with Gasteiger partial charge in [-0.25, -0.2) is 4.79 Å². The lowest BCUT2D eigenvalue weighted by molar-refractivity contribution is 0.0520. The number of carbonyl (C=O) groups is 1. The quantitative estimate of drug-likeness (QED) is 0.397. The summed E-state index contributed by atoms with van der Waals surface area (Å²) in [5.74, 6) is -0.409. The fourth-order valence-electron chi connectivity index (χ4n) is 3.44. The van der Waals surface area contributed by atoms with Gasteiger partial charge in [0.25, 0.3) is 10.0 Å². The summed E-state index contributed by atoms with van der Waals surface area (Å²) >= 11 is 3.34. The second kappa shape index (κ2) is 8.64. The van der Waals surface area contributed by atoms with Crippen LogP contribution in [0, 0.1) is 6.92 Å². The summed E-state index contributed by atoms with van der Waals surface area (Å²) in [6.45, 7) is 2.42. The number of fused-ring (bicyclic) bond motifs is 1. The lowest BCUT2D eigenvalue weighted by Gasteiger charge is -2.15. The molecule has 31 heavy (non-hydrogen) atoms. The summed E-state index contributed by atoms with van der Waals surface area (Å²) in [6.07, 6.45) is 0. The highest BCUT2D eigenvalue weighted by Crippen LogP contribution is 2.33. The number of nitrogens with zero attached hydrogens (tertiary/aromatic N) is 1. The number of nitrogens with one attached hydrogen (secondary N) is 1. The van der Waals surface area contributed by atoms with Crippen LogP contribution < -0.4 is 5.32 Å². The molecule has 0 aliphatic carbocycles. The lowest BCUT2D eigenvalue weighted by atomic mass is 9.96. The molecule has 3 aromatic rings. The van der Waals surface area contributed by atoms with Crippen molar-refractivity contribution in [1.82, 2.24) is 0 Å². The van der Waals surface area contributed by atoms with Gasteiger partial charge in [-0.15, -0.1) is 0 Å². The zero-order chi connectivity index (χ0) is 22.0. The van der Waals surface area contributed by atoms with Crippen molar-refractivity contribution in [3.63, 3.8) is 0 Å². The largest absolute Gasteiger partial charge is 0.460 e. The molecule has 0 fully saturated rings. The first-order valence-corrected chi connectivity index (χ1v) is 11.8. The molecule has 0 amide bonds. The van der Waals surface area contributed by atoms with Gasteiger partial charge in [-0.1, -0.05) is 52.3 Å². The number of esters is 1. The summed E-state index contributed by atoms with van der Waals surface area (Å²) in [5, 5.41) is 3.25. The molecule has 1 aliphatic rings. The van der Waals surface area contributed by atoms with Crippen molar-refractivity contribution in [1.29, 1.82) is 0 Å². The number of halogens is 1. The Labute approximate surface area is 189 Å². The molecule has 1 N–H and O–H groups in total. The monoisotopic (exact) mass is 498 g/mol. The Bertz CT molecular complexity index is 1300. The Morgan fingerprint density at radius 3 is 2.65 bits per heavy atom. The molecule has 0 radical (unpaired) electrons. The third-order valence-electron chi connectivity index (χ3n) is 4.85. The molecular weight excluding hydrogens is 480 g/mol. The van der Waals surface area contributed by atoms with Crippen LogP contribution in [0.3, 0.4) is 0 Å². The number of hydrogen-bond acceptors (Lipinski definition) is 5. The van der Waals surface area contributed by atoms with Gasteiger partial charge in [0.05, 0.1) is 16.2 Å². The molecule has 0 saturated carbocycles. The highest BCUT2D eigenvalue weighted by atomic mass is 79.9. The Balaban J connectivity index is 1.52. The average molecular weight is 499 g/mol. The molecule has 0 bridgehead atoms. The van der Waals surface area contributed by atoms with E-state index in [1.807, 2.05) is 31.2 Å². The Kier molecular flexibility index (Phi) is 5.93. The summed E-state index contributed by atoms with van der Waals surface area (Å²) in [4.78, 5) is 12.4. The van der Waals surface area contributed by atoms with E-state index in [4.69, 9.17) is 4.74 Å². The SMILES string of the molecule is Cc1cccc(NCCOC(=O)c2cccc(Br)c2)c1C1=NS(=O)(=O)c2ccccc21. The number of benzene rings is 3. The van der Waals surface area contributed by atoms with Gasteiger partial charge < -0.3 is 10.1 Å². The van der Waals surface area contributed by atoms with E-state index in [0.717, 1.165) is 15.7 Å². The van der Waals surface area contributed by atoms with Crippen molar-refractivity contribution >= 4 is 43.3 Å². The minimum absolute atomic E-state index is 0.153. The third kappa shape index (κ3) is 4.40. The molecule has 0 saturated heterocycles. The van der Waals surface area contributed by atoms with Crippen LogP contribution in [0.1, 0.15) is 27.0 Å². The van der Waals surface area contributed by atoms with Gasteiger partial charge in [0.1, 0.15) is 6.61 Å². The number of aryl methyl sites for hydroxylation is 1. The van der Waals surface area contributed by atoms with Gasteiger partial charge in [-0.2, -0.15) is 12.8 Å². The van der Waals surface area contributed by atoms with Gasteiger partial charge in [-0.3, -0.25) is 0 Å². The molecule has 0 aromatic heterocycles. The van der Waals surface area contributed by atoms with Crippen LogP contribution in [0.2, 0.25) is 0 Å². The molecule has 1 heterocycles. The van der Waals surface area contributed by atoms with Crippen molar-refractivity contribution in [2.75, 3.05) is 18.5 Å². The minimum Gasteiger partial charge on any atom is -0.460 e. The van der Waals surface area contributed by atoms with E-state index in [1.54, 1.807) is 42.5 Å². The summed E-state index contributed by atoms with van der Waals surface area (Å²) in [6, 6.07) is 19.4. The molecule has 8 heteroatoms. The topological polar surface area (TPSA) is 84.8 Å². The van der Waals surface area contributed by atoms with Crippen LogP contribution in [0.5, 0.6) is 0 Å². The van der Waals surface area contributed by atoms with Crippen molar-refractivity contribution in [3.8, 4) is 0 Å². The highest BCUT2D eigenvalue weighted by molar-refractivity contribution is 9.10. The predicted octanol–water partition coefficient (Wildman–Crippen LogP) is 4.57. The number of anilines is 1. The number of hydrogen-bond donors (Lipinski definition) is 1. The van der Waals surface area contributed by atoms with Crippen LogP contribution >= 0.6 is 15.9 Å².